The van der Waals surface area contributed by atoms with Crippen molar-refractivity contribution in [2.45, 2.75) is 38.4 Å². The molecule has 114 valence electrons. The number of allylic oxidation sites excluding steroid dienone is 2. The molecule has 0 heterocycles. The Morgan fingerprint density at radius 2 is 2.20 bits per heavy atom. The van der Waals surface area contributed by atoms with Gasteiger partial charge < -0.3 is 19.7 Å². The first-order valence-corrected chi connectivity index (χ1v) is 7.19. The molecule has 0 saturated heterocycles. The maximum absolute atomic E-state index is 12.1. The molecule has 2 aliphatic carbocycles. The number of hydrogen-bond acceptors (Lipinski definition) is 5. The molecule has 0 unspecified atom stereocenters. The van der Waals surface area contributed by atoms with Crippen molar-refractivity contribution in [2.75, 3.05) is 20.5 Å². The maximum atomic E-state index is 12.1. The van der Waals surface area contributed by atoms with E-state index in [4.69, 9.17) is 9.47 Å². The molecule has 5 atom stereocenters. The molecule has 1 saturated carbocycles. The van der Waals surface area contributed by atoms with Crippen molar-refractivity contribution >= 4 is 5.78 Å². The number of carbonyl (C=O) groups is 1. The molecule has 0 amide bonds. The summed E-state index contributed by atoms with van der Waals surface area (Å²) in [6.07, 6.45) is 2.44. The highest BCUT2D eigenvalue weighted by atomic mass is 16.7. The monoisotopic (exact) mass is 284 g/mol. The largest absolute Gasteiger partial charge is 0.396 e. The van der Waals surface area contributed by atoms with Crippen molar-refractivity contribution in [3.63, 3.8) is 0 Å². The zero-order valence-corrected chi connectivity index (χ0v) is 12.1. The standard InChI is InChI=1S/C15H24O5/c1-9-3-4-11-14(10(9)5-6-16)12(17)7-13(18)15(11)20-8-19-2/h3,10-12,14-17H,4-8H2,1-2H3/t10-,11-,12+,14+,15-/m0/s1. The highest BCUT2D eigenvalue weighted by molar-refractivity contribution is 5.85. The number of aliphatic hydroxyl groups excluding tert-OH is 2. The number of methoxy groups -OCH3 is 1. The van der Waals surface area contributed by atoms with Gasteiger partial charge in [0.15, 0.2) is 5.78 Å². The lowest BCUT2D eigenvalue weighted by Crippen LogP contribution is -2.52. The lowest BCUT2D eigenvalue weighted by atomic mass is 9.62. The maximum Gasteiger partial charge on any atom is 0.164 e. The van der Waals surface area contributed by atoms with Crippen LogP contribution in [0.25, 0.3) is 0 Å². The van der Waals surface area contributed by atoms with Crippen molar-refractivity contribution in [1.82, 2.24) is 0 Å². The number of carbonyl (C=O) groups excluding carboxylic acids is 1. The fourth-order valence-electron chi connectivity index (χ4n) is 3.73. The van der Waals surface area contributed by atoms with Gasteiger partial charge in [-0.3, -0.25) is 4.79 Å². The first kappa shape index (κ1) is 15.6. The Bertz CT molecular complexity index is 378. The molecular formula is C15H24O5. The van der Waals surface area contributed by atoms with Crippen LogP contribution in [0, 0.1) is 17.8 Å². The lowest BCUT2D eigenvalue weighted by Gasteiger charge is -2.46. The molecule has 0 aromatic rings. The van der Waals surface area contributed by atoms with Crippen LogP contribution in [0.3, 0.4) is 0 Å². The van der Waals surface area contributed by atoms with Gasteiger partial charge >= 0.3 is 0 Å². The van der Waals surface area contributed by atoms with E-state index in [0.29, 0.717) is 6.42 Å². The number of ketones is 1. The van der Waals surface area contributed by atoms with Gasteiger partial charge in [-0.05, 0) is 31.6 Å². The van der Waals surface area contributed by atoms with Crippen LogP contribution in [0.15, 0.2) is 11.6 Å². The normalized spacial score (nSPS) is 37.5. The van der Waals surface area contributed by atoms with Gasteiger partial charge in [0.2, 0.25) is 0 Å². The Labute approximate surface area is 119 Å². The SMILES string of the molecule is COCO[C@@H]1C(=O)C[C@@H](O)[C@H]2[C@@H]1CC=C(C)[C@@H]2CCO. The molecule has 5 nitrogen and oxygen atoms in total. The third-order valence-corrected chi connectivity index (χ3v) is 4.62. The molecule has 0 spiro atoms. The fraction of sp³-hybridized carbons (Fsp3) is 0.800. The molecule has 0 radical (unpaired) electrons. The second kappa shape index (κ2) is 6.80. The molecule has 5 heteroatoms. The second-order valence-electron chi connectivity index (χ2n) is 5.78. The third-order valence-electron chi connectivity index (χ3n) is 4.62. The van der Waals surface area contributed by atoms with Gasteiger partial charge in [-0.15, -0.1) is 0 Å². The predicted octanol–water partition coefficient (Wildman–Crippen LogP) is 0.890. The van der Waals surface area contributed by atoms with Crippen LogP contribution < -0.4 is 0 Å². The van der Waals surface area contributed by atoms with Gasteiger partial charge in [-0.25, -0.2) is 0 Å². The minimum Gasteiger partial charge on any atom is -0.396 e. The number of aliphatic hydroxyl groups is 2. The van der Waals surface area contributed by atoms with E-state index < -0.39 is 12.2 Å². The number of ether oxygens (including phenoxy) is 2. The number of hydrogen-bond donors (Lipinski definition) is 2. The van der Waals surface area contributed by atoms with Crippen LogP contribution in [0.1, 0.15) is 26.2 Å². The molecule has 0 bridgehead atoms. The summed E-state index contributed by atoms with van der Waals surface area (Å²) in [5, 5.41) is 19.6. The highest BCUT2D eigenvalue weighted by Crippen LogP contribution is 2.45. The van der Waals surface area contributed by atoms with E-state index in [1.807, 2.05) is 6.92 Å². The molecule has 20 heavy (non-hydrogen) atoms. The van der Waals surface area contributed by atoms with E-state index in [0.717, 1.165) is 6.42 Å². The molecule has 2 N–H and O–H groups in total. The highest BCUT2D eigenvalue weighted by Gasteiger charge is 2.48. The van der Waals surface area contributed by atoms with Gasteiger partial charge in [0.1, 0.15) is 12.9 Å². The van der Waals surface area contributed by atoms with Crippen LogP contribution in [0.4, 0.5) is 0 Å². The van der Waals surface area contributed by atoms with Gasteiger partial charge in [0.05, 0.1) is 6.10 Å². The van der Waals surface area contributed by atoms with Gasteiger partial charge in [0.25, 0.3) is 0 Å². The molecule has 0 aliphatic heterocycles. The average Bonchev–Trinajstić information content (AvgIpc) is 2.41. The number of fused-ring (bicyclic) bond motifs is 1. The van der Waals surface area contributed by atoms with E-state index in [2.05, 4.69) is 6.08 Å². The molecular weight excluding hydrogens is 260 g/mol. The lowest BCUT2D eigenvalue weighted by molar-refractivity contribution is -0.166. The Hall–Kier alpha value is -0.750. The van der Waals surface area contributed by atoms with E-state index in [9.17, 15) is 15.0 Å². The van der Waals surface area contributed by atoms with Crippen LogP contribution in [-0.2, 0) is 14.3 Å². The van der Waals surface area contributed by atoms with E-state index in [-0.39, 0.29) is 43.4 Å². The first-order chi connectivity index (χ1) is 9.60. The Kier molecular flexibility index (Phi) is 5.32. The summed E-state index contributed by atoms with van der Waals surface area (Å²) in [4.78, 5) is 12.1. The topological polar surface area (TPSA) is 76.0 Å². The van der Waals surface area contributed by atoms with Crippen molar-refractivity contribution in [1.29, 1.82) is 0 Å². The summed E-state index contributed by atoms with van der Waals surface area (Å²) in [6.45, 7) is 2.21. The molecule has 0 aromatic carbocycles. The fourth-order valence-corrected chi connectivity index (χ4v) is 3.73. The summed E-state index contributed by atoms with van der Waals surface area (Å²) in [5.41, 5.74) is 1.19. The van der Waals surface area contributed by atoms with Crippen molar-refractivity contribution in [3.05, 3.63) is 11.6 Å². The smallest absolute Gasteiger partial charge is 0.164 e. The van der Waals surface area contributed by atoms with Crippen LogP contribution in [-0.4, -0.2) is 48.7 Å². The molecule has 0 aromatic heterocycles. The van der Waals surface area contributed by atoms with Crippen molar-refractivity contribution in [3.8, 4) is 0 Å². The first-order valence-electron chi connectivity index (χ1n) is 7.19. The Morgan fingerprint density at radius 1 is 1.45 bits per heavy atom. The summed E-state index contributed by atoms with van der Waals surface area (Å²) >= 11 is 0. The molecule has 2 aliphatic rings. The van der Waals surface area contributed by atoms with E-state index >= 15 is 0 Å². The van der Waals surface area contributed by atoms with Crippen molar-refractivity contribution in [2.24, 2.45) is 17.8 Å². The minimum absolute atomic E-state index is 0.0216. The van der Waals surface area contributed by atoms with E-state index in [1.54, 1.807) is 0 Å². The quantitative estimate of drug-likeness (QED) is 0.579. The predicted molar refractivity (Wildman–Crippen MR) is 72.9 cm³/mol. The Morgan fingerprint density at radius 3 is 2.85 bits per heavy atom. The Balaban J connectivity index is 2.22. The van der Waals surface area contributed by atoms with Gasteiger partial charge in [-0.1, -0.05) is 11.6 Å². The summed E-state index contributed by atoms with van der Waals surface area (Å²) in [5.74, 6) is 0.0235. The van der Waals surface area contributed by atoms with Gasteiger partial charge in [-0.2, -0.15) is 0 Å². The minimum atomic E-state index is -0.643. The van der Waals surface area contributed by atoms with E-state index in [1.165, 1.54) is 12.7 Å². The van der Waals surface area contributed by atoms with Crippen LogP contribution in [0.5, 0.6) is 0 Å². The zero-order chi connectivity index (χ0) is 14.7. The van der Waals surface area contributed by atoms with Crippen LogP contribution in [0.2, 0.25) is 0 Å². The van der Waals surface area contributed by atoms with Crippen LogP contribution >= 0.6 is 0 Å². The summed E-state index contributed by atoms with van der Waals surface area (Å²) < 4.78 is 10.5. The van der Waals surface area contributed by atoms with Crippen molar-refractivity contribution < 1.29 is 24.5 Å². The van der Waals surface area contributed by atoms with Gasteiger partial charge in [0, 0.05) is 26.1 Å². The molecule has 2 rings (SSSR count). The molecule has 1 fully saturated rings. The zero-order valence-electron chi connectivity index (χ0n) is 12.1. The number of Topliss-reactive ketones (excluding diaryl/α,β-unsaturated/α-hetero) is 1. The number of rotatable bonds is 5. The third kappa shape index (κ3) is 2.96. The summed E-state index contributed by atoms with van der Waals surface area (Å²) in [6, 6.07) is 0. The average molecular weight is 284 g/mol. The summed E-state index contributed by atoms with van der Waals surface area (Å²) in [7, 11) is 1.53. The second-order valence-corrected chi connectivity index (χ2v) is 5.78.